The van der Waals surface area contributed by atoms with Crippen LogP contribution in [0, 0.1) is 5.82 Å². The van der Waals surface area contributed by atoms with Gasteiger partial charge in [-0.1, -0.05) is 37.6 Å². The molecule has 2 aromatic rings. The summed E-state index contributed by atoms with van der Waals surface area (Å²) in [4.78, 5) is 40.7. The third-order valence-electron chi connectivity index (χ3n) is 5.08. The van der Waals surface area contributed by atoms with Crippen molar-refractivity contribution in [2.75, 3.05) is 43.0 Å². The van der Waals surface area contributed by atoms with Crippen molar-refractivity contribution in [3.8, 4) is 0 Å². The highest BCUT2D eigenvalue weighted by Gasteiger charge is 2.27. The number of hydrogen-bond acceptors (Lipinski definition) is 5. The molecule has 31 heavy (non-hydrogen) atoms. The maximum atomic E-state index is 14.0. The maximum Gasteiger partial charge on any atom is 0.340 e. The highest BCUT2D eigenvalue weighted by molar-refractivity contribution is 6.39. The largest absolute Gasteiger partial charge is 0.462 e. The summed E-state index contributed by atoms with van der Waals surface area (Å²) in [5.41, 5.74) is 0.908. The average Bonchev–Trinajstić information content (AvgIpc) is 2.79. The van der Waals surface area contributed by atoms with Gasteiger partial charge in [0.1, 0.15) is 5.82 Å². The zero-order valence-corrected chi connectivity index (χ0v) is 17.5. The third kappa shape index (κ3) is 5.59. The van der Waals surface area contributed by atoms with Crippen LogP contribution in [0.15, 0.2) is 48.5 Å². The van der Waals surface area contributed by atoms with Crippen LogP contribution in [0.4, 0.5) is 15.8 Å². The fourth-order valence-electron chi connectivity index (χ4n) is 3.34. The molecule has 2 amide bonds. The number of carbonyl (C=O) groups excluding carboxylic acids is 3. The second-order valence-electron chi connectivity index (χ2n) is 7.22. The van der Waals surface area contributed by atoms with Crippen LogP contribution < -0.4 is 10.2 Å². The number of ether oxygens (including phenoxy) is 1. The van der Waals surface area contributed by atoms with Gasteiger partial charge in [0, 0.05) is 26.2 Å². The quantitative estimate of drug-likeness (QED) is 0.436. The molecule has 0 radical (unpaired) electrons. The second-order valence-corrected chi connectivity index (χ2v) is 7.22. The van der Waals surface area contributed by atoms with Gasteiger partial charge in [-0.3, -0.25) is 9.59 Å². The lowest BCUT2D eigenvalue weighted by molar-refractivity contribution is -0.143. The number of halogens is 1. The van der Waals surface area contributed by atoms with Gasteiger partial charge in [0.05, 0.1) is 23.5 Å². The minimum Gasteiger partial charge on any atom is -0.462 e. The van der Waals surface area contributed by atoms with Crippen molar-refractivity contribution < 1.29 is 23.5 Å². The molecule has 8 heteroatoms. The summed E-state index contributed by atoms with van der Waals surface area (Å²) < 4.78 is 19.2. The van der Waals surface area contributed by atoms with Crippen LogP contribution in [0.1, 0.15) is 30.1 Å². The number of benzene rings is 2. The number of hydrogen-bond donors (Lipinski definition) is 1. The molecule has 0 unspecified atom stereocenters. The van der Waals surface area contributed by atoms with Crippen LogP contribution in [0.5, 0.6) is 0 Å². The average molecular weight is 427 g/mol. The van der Waals surface area contributed by atoms with Gasteiger partial charge in [-0.2, -0.15) is 0 Å². The molecule has 1 aliphatic rings. The first-order valence-corrected chi connectivity index (χ1v) is 10.4. The number of anilines is 2. The van der Waals surface area contributed by atoms with E-state index in [1.807, 2.05) is 11.8 Å². The summed E-state index contributed by atoms with van der Waals surface area (Å²) in [6.45, 7) is 3.70. The summed E-state index contributed by atoms with van der Waals surface area (Å²) in [6.07, 6.45) is 1.64. The van der Waals surface area contributed by atoms with Gasteiger partial charge in [-0.25, -0.2) is 9.18 Å². The van der Waals surface area contributed by atoms with Gasteiger partial charge in [-0.05, 0) is 30.7 Å². The molecule has 1 N–H and O–H groups in total. The van der Waals surface area contributed by atoms with E-state index >= 15 is 0 Å². The Balaban J connectivity index is 1.59. The van der Waals surface area contributed by atoms with Crippen molar-refractivity contribution in [2.45, 2.75) is 19.8 Å². The van der Waals surface area contributed by atoms with Gasteiger partial charge >= 0.3 is 17.8 Å². The van der Waals surface area contributed by atoms with E-state index in [4.69, 9.17) is 4.74 Å². The fraction of sp³-hybridized carbons (Fsp3) is 0.348. The SMILES string of the molecule is CCCCOC(=O)c1ccccc1NC(=O)C(=O)N1CCN(c2ccccc2F)CC1. The van der Waals surface area contributed by atoms with E-state index in [0.717, 1.165) is 12.8 Å². The van der Waals surface area contributed by atoms with Crippen molar-refractivity contribution >= 4 is 29.2 Å². The monoisotopic (exact) mass is 427 g/mol. The topological polar surface area (TPSA) is 78.9 Å². The Morgan fingerprint density at radius 2 is 1.68 bits per heavy atom. The van der Waals surface area contributed by atoms with E-state index in [1.54, 1.807) is 42.5 Å². The highest BCUT2D eigenvalue weighted by atomic mass is 19.1. The standard InChI is InChI=1S/C23H26FN3O4/c1-2-3-16-31-23(30)17-8-4-6-10-19(17)25-21(28)22(29)27-14-12-26(13-15-27)20-11-7-5-9-18(20)24/h4-11H,2-3,12-16H2,1H3,(H,25,28). The lowest BCUT2D eigenvalue weighted by atomic mass is 10.1. The Kier molecular flexibility index (Phi) is 7.59. The van der Waals surface area contributed by atoms with Gasteiger partial charge in [-0.15, -0.1) is 0 Å². The normalized spacial score (nSPS) is 13.6. The molecule has 7 nitrogen and oxygen atoms in total. The first-order valence-electron chi connectivity index (χ1n) is 10.4. The Bertz CT molecular complexity index is 942. The molecule has 1 aliphatic heterocycles. The molecule has 3 rings (SSSR count). The summed E-state index contributed by atoms with van der Waals surface area (Å²) in [7, 11) is 0. The predicted octanol–water partition coefficient (Wildman–Crippen LogP) is 3.07. The highest BCUT2D eigenvalue weighted by Crippen LogP contribution is 2.21. The van der Waals surface area contributed by atoms with E-state index < -0.39 is 17.8 Å². The molecule has 0 aliphatic carbocycles. The van der Waals surface area contributed by atoms with Gasteiger partial charge < -0.3 is 19.9 Å². The molecule has 0 saturated carbocycles. The Labute approximate surface area is 180 Å². The summed E-state index contributed by atoms with van der Waals surface area (Å²) >= 11 is 0. The molecule has 2 aromatic carbocycles. The number of amides is 2. The van der Waals surface area contributed by atoms with Gasteiger partial charge in [0.2, 0.25) is 0 Å². The zero-order valence-electron chi connectivity index (χ0n) is 17.5. The molecule has 1 fully saturated rings. The van der Waals surface area contributed by atoms with E-state index in [1.165, 1.54) is 11.0 Å². The Hall–Kier alpha value is -3.42. The van der Waals surface area contributed by atoms with Crippen LogP contribution in [-0.4, -0.2) is 55.5 Å². The summed E-state index contributed by atoms with van der Waals surface area (Å²) in [5.74, 6) is -2.38. The van der Waals surface area contributed by atoms with E-state index in [9.17, 15) is 18.8 Å². The minimum absolute atomic E-state index is 0.198. The zero-order chi connectivity index (χ0) is 22.2. The van der Waals surface area contributed by atoms with Crippen LogP contribution in [0.25, 0.3) is 0 Å². The number of nitrogens with one attached hydrogen (secondary N) is 1. The van der Waals surface area contributed by atoms with E-state index in [-0.39, 0.29) is 17.1 Å². The van der Waals surface area contributed by atoms with E-state index in [2.05, 4.69) is 5.32 Å². The van der Waals surface area contributed by atoms with Crippen molar-refractivity contribution in [3.63, 3.8) is 0 Å². The maximum absolute atomic E-state index is 14.0. The number of para-hydroxylation sites is 2. The van der Waals surface area contributed by atoms with Crippen molar-refractivity contribution in [1.29, 1.82) is 0 Å². The molecule has 164 valence electrons. The lowest BCUT2D eigenvalue weighted by Gasteiger charge is -2.35. The first kappa shape index (κ1) is 22.3. The molecule has 0 spiro atoms. The predicted molar refractivity (Wildman–Crippen MR) is 115 cm³/mol. The van der Waals surface area contributed by atoms with Crippen LogP contribution in [0.3, 0.4) is 0 Å². The molecule has 1 heterocycles. The molecule has 0 atom stereocenters. The summed E-state index contributed by atoms with van der Waals surface area (Å²) in [5, 5.41) is 2.53. The Morgan fingerprint density at radius 3 is 2.39 bits per heavy atom. The molecule has 0 bridgehead atoms. The second kappa shape index (κ2) is 10.6. The van der Waals surface area contributed by atoms with Crippen molar-refractivity contribution in [2.24, 2.45) is 0 Å². The number of unbranched alkanes of at least 4 members (excludes halogenated alkanes) is 1. The Morgan fingerprint density at radius 1 is 1.00 bits per heavy atom. The number of carbonyl (C=O) groups is 3. The minimum atomic E-state index is -0.826. The third-order valence-corrected chi connectivity index (χ3v) is 5.08. The number of nitrogens with zero attached hydrogens (tertiary/aromatic N) is 2. The van der Waals surface area contributed by atoms with Crippen LogP contribution in [-0.2, 0) is 14.3 Å². The van der Waals surface area contributed by atoms with Gasteiger partial charge in [0.15, 0.2) is 0 Å². The molecular weight excluding hydrogens is 401 g/mol. The van der Waals surface area contributed by atoms with E-state index in [0.29, 0.717) is 38.5 Å². The number of esters is 1. The molecule has 1 saturated heterocycles. The fourth-order valence-corrected chi connectivity index (χ4v) is 3.34. The van der Waals surface area contributed by atoms with Crippen LogP contribution >= 0.6 is 0 Å². The molecular formula is C23H26FN3O4. The molecule has 0 aromatic heterocycles. The first-order chi connectivity index (χ1) is 15.0. The van der Waals surface area contributed by atoms with Crippen molar-refractivity contribution in [3.05, 3.63) is 59.9 Å². The smallest absolute Gasteiger partial charge is 0.340 e. The van der Waals surface area contributed by atoms with Gasteiger partial charge in [0.25, 0.3) is 0 Å². The number of piperazine rings is 1. The van der Waals surface area contributed by atoms with Crippen molar-refractivity contribution in [1.82, 2.24) is 4.90 Å². The van der Waals surface area contributed by atoms with Crippen LogP contribution in [0.2, 0.25) is 0 Å². The lowest BCUT2D eigenvalue weighted by Crippen LogP contribution is -2.51. The summed E-state index contributed by atoms with van der Waals surface area (Å²) in [6, 6.07) is 12.9. The number of rotatable bonds is 6.